The number of fused-ring (bicyclic) bond motifs is 1. The Morgan fingerprint density at radius 3 is 2.44 bits per heavy atom. The molecule has 0 spiro atoms. The second kappa shape index (κ2) is 8.32. The first-order chi connectivity index (χ1) is 15.4. The number of amides is 1. The number of para-hydroxylation sites is 2. The average molecular weight is 448 g/mol. The Kier molecular flexibility index (Phi) is 5.39. The number of aromatic amines is 1. The van der Waals surface area contributed by atoms with Crippen molar-refractivity contribution in [2.75, 3.05) is 5.32 Å². The van der Waals surface area contributed by atoms with Crippen LogP contribution in [0.5, 0.6) is 17.6 Å². The molecule has 2 heterocycles. The first-order valence-corrected chi connectivity index (χ1v) is 9.62. The number of pyridine rings is 1. The van der Waals surface area contributed by atoms with E-state index < -0.39 is 23.5 Å². The Bertz CT molecular complexity index is 1440. The predicted octanol–water partition coefficient (Wildman–Crippen LogP) is 3.54. The van der Waals surface area contributed by atoms with Crippen molar-refractivity contribution < 1.29 is 20.1 Å². The quantitative estimate of drug-likeness (QED) is 0.208. The third kappa shape index (κ3) is 3.79. The van der Waals surface area contributed by atoms with Gasteiger partial charge in [-0.15, -0.1) is 10.2 Å². The van der Waals surface area contributed by atoms with Gasteiger partial charge in [-0.2, -0.15) is 0 Å². The van der Waals surface area contributed by atoms with Gasteiger partial charge in [-0.1, -0.05) is 30.3 Å². The number of aromatic nitrogens is 2. The second-order valence-electron chi connectivity index (χ2n) is 6.62. The van der Waals surface area contributed by atoms with Crippen molar-refractivity contribution in [3.05, 3.63) is 71.7 Å². The molecule has 6 N–H and O–H groups in total. The van der Waals surface area contributed by atoms with Crippen LogP contribution in [0, 0.1) is 5.41 Å². The van der Waals surface area contributed by atoms with Gasteiger partial charge in [-0.25, -0.2) is 0 Å². The summed E-state index contributed by atoms with van der Waals surface area (Å²) < 4.78 is 1.04. The van der Waals surface area contributed by atoms with E-state index in [1.165, 1.54) is 18.2 Å². The molecule has 0 aliphatic carbocycles. The third-order valence-electron chi connectivity index (χ3n) is 4.59. The van der Waals surface area contributed by atoms with Crippen LogP contribution >= 0.6 is 12.2 Å². The average Bonchev–Trinajstić information content (AvgIpc) is 3.06. The Morgan fingerprint density at radius 2 is 1.69 bits per heavy atom. The first kappa shape index (κ1) is 20.8. The molecular weight excluding hydrogens is 432 g/mol. The smallest absolute Gasteiger partial charge is 0.297 e. The van der Waals surface area contributed by atoms with E-state index in [1.807, 2.05) is 18.2 Å². The molecule has 0 aliphatic rings. The van der Waals surface area contributed by atoms with Crippen LogP contribution in [0.15, 0.2) is 70.9 Å². The molecule has 160 valence electrons. The van der Waals surface area contributed by atoms with Crippen LogP contribution in [-0.4, -0.2) is 35.9 Å². The maximum atomic E-state index is 12.8. The van der Waals surface area contributed by atoms with Gasteiger partial charge in [0.1, 0.15) is 5.49 Å². The van der Waals surface area contributed by atoms with Gasteiger partial charge >= 0.3 is 0 Å². The Hall–Kier alpha value is -4.51. The number of thiocarbonyl (C=S) groups is 1. The number of nitrogens with one attached hydrogen (secondary N) is 3. The Labute approximate surface area is 185 Å². The summed E-state index contributed by atoms with van der Waals surface area (Å²) >= 11 is 5.09. The molecule has 2 aromatic heterocycles. The largest absolute Gasteiger partial charge is 0.494 e. The molecule has 10 nitrogen and oxygen atoms in total. The first-order valence-electron chi connectivity index (χ1n) is 9.21. The summed E-state index contributed by atoms with van der Waals surface area (Å²) in [5, 5.41) is 49.0. The zero-order valence-electron chi connectivity index (χ0n) is 16.3. The van der Waals surface area contributed by atoms with Crippen molar-refractivity contribution in [1.82, 2.24) is 9.55 Å². The molecule has 0 atom stereocenters. The molecule has 11 heteroatoms. The molecule has 0 bridgehead atoms. The van der Waals surface area contributed by atoms with Crippen LogP contribution in [0.1, 0.15) is 10.4 Å². The minimum atomic E-state index is -0.759. The lowest BCUT2D eigenvalue weighted by atomic mass is 10.1. The SMILES string of the molecule is N=c1c2c(O)[nH]c(O)c2cc(O)n1-c1ccccc1C(=O)N=NC(=S)Nc1ccccc1. The van der Waals surface area contributed by atoms with E-state index in [1.54, 1.807) is 24.3 Å². The number of aromatic hydroxyl groups is 3. The Morgan fingerprint density at radius 1 is 1.00 bits per heavy atom. The maximum Gasteiger partial charge on any atom is 0.297 e. The number of anilines is 1. The lowest BCUT2D eigenvalue weighted by Gasteiger charge is -2.13. The molecule has 32 heavy (non-hydrogen) atoms. The number of hydrogen-bond acceptors (Lipinski definition) is 6. The topological polar surface area (TPSA) is 159 Å². The van der Waals surface area contributed by atoms with Gasteiger partial charge in [0.05, 0.1) is 22.0 Å². The summed E-state index contributed by atoms with van der Waals surface area (Å²) in [4.78, 5) is 15.1. The van der Waals surface area contributed by atoms with Crippen molar-refractivity contribution in [3.8, 4) is 23.3 Å². The standard InChI is InChI=1S/C21H16N6O4S/c22-17-16-13(18(29)24-20(16)31)10-15(28)27(17)14-9-5-4-8-12(14)19(30)25-26-21(32)23-11-6-2-1-3-7-11/h1-10,22,24,28-29,31H,(H,23,32). The summed E-state index contributed by atoms with van der Waals surface area (Å²) in [6.45, 7) is 0. The zero-order valence-corrected chi connectivity index (χ0v) is 17.1. The molecule has 0 aliphatic heterocycles. The predicted molar refractivity (Wildman–Crippen MR) is 120 cm³/mol. The van der Waals surface area contributed by atoms with Gasteiger partial charge < -0.3 is 20.6 Å². The second-order valence-corrected chi connectivity index (χ2v) is 7.00. The normalized spacial score (nSPS) is 11.1. The minimum Gasteiger partial charge on any atom is -0.494 e. The van der Waals surface area contributed by atoms with E-state index in [0.717, 1.165) is 4.57 Å². The molecule has 4 rings (SSSR count). The fourth-order valence-corrected chi connectivity index (χ4v) is 3.35. The summed E-state index contributed by atoms with van der Waals surface area (Å²) in [6.07, 6.45) is 0. The third-order valence-corrected chi connectivity index (χ3v) is 4.78. The fraction of sp³-hybridized carbons (Fsp3) is 0. The highest BCUT2D eigenvalue weighted by Gasteiger charge is 2.20. The molecule has 0 saturated carbocycles. The van der Waals surface area contributed by atoms with Crippen molar-refractivity contribution in [2.45, 2.75) is 0 Å². The summed E-state index contributed by atoms with van der Waals surface area (Å²) in [5.74, 6) is -2.04. The minimum absolute atomic E-state index is 0.0205. The molecule has 4 aromatic rings. The summed E-state index contributed by atoms with van der Waals surface area (Å²) in [7, 11) is 0. The number of hydrogen-bond donors (Lipinski definition) is 6. The molecule has 2 aromatic carbocycles. The van der Waals surface area contributed by atoms with E-state index >= 15 is 0 Å². The van der Waals surface area contributed by atoms with Crippen LogP contribution in [0.25, 0.3) is 16.5 Å². The van der Waals surface area contributed by atoms with E-state index in [2.05, 4.69) is 20.5 Å². The van der Waals surface area contributed by atoms with E-state index in [4.69, 9.17) is 17.6 Å². The molecule has 1 amide bonds. The van der Waals surface area contributed by atoms with Gasteiger partial charge in [-0.05, 0) is 36.5 Å². The number of H-pyrrole nitrogens is 1. The number of benzene rings is 2. The van der Waals surface area contributed by atoms with Crippen molar-refractivity contribution in [2.24, 2.45) is 10.2 Å². The lowest BCUT2D eigenvalue weighted by molar-refractivity contribution is 0.0995. The number of azo groups is 1. The zero-order chi connectivity index (χ0) is 22.8. The number of nitrogens with zero attached hydrogens (tertiary/aromatic N) is 3. The summed E-state index contributed by atoms with van der Waals surface area (Å²) in [6, 6.07) is 16.3. The summed E-state index contributed by atoms with van der Waals surface area (Å²) in [5.41, 5.74) is 0.494. The van der Waals surface area contributed by atoms with Crippen LogP contribution in [0.4, 0.5) is 5.69 Å². The molecule has 0 fully saturated rings. The molecular formula is C21H16N6O4S. The highest BCUT2D eigenvalue weighted by molar-refractivity contribution is 7.80. The van der Waals surface area contributed by atoms with E-state index in [0.29, 0.717) is 5.69 Å². The van der Waals surface area contributed by atoms with Crippen LogP contribution in [0.2, 0.25) is 0 Å². The van der Waals surface area contributed by atoms with Gasteiger partial charge in [0.15, 0.2) is 11.8 Å². The highest BCUT2D eigenvalue weighted by Crippen LogP contribution is 2.32. The number of carbonyl (C=O) groups excluding carboxylic acids is 1. The van der Waals surface area contributed by atoms with Crippen molar-refractivity contribution in [1.29, 1.82) is 5.41 Å². The van der Waals surface area contributed by atoms with Gasteiger partial charge in [0.25, 0.3) is 5.91 Å². The maximum absolute atomic E-state index is 12.8. The van der Waals surface area contributed by atoms with Crippen LogP contribution in [-0.2, 0) is 0 Å². The van der Waals surface area contributed by atoms with E-state index in [9.17, 15) is 20.1 Å². The van der Waals surface area contributed by atoms with Crippen molar-refractivity contribution >= 4 is 39.7 Å². The highest BCUT2D eigenvalue weighted by atomic mass is 32.1. The fourth-order valence-electron chi connectivity index (χ4n) is 3.20. The monoisotopic (exact) mass is 448 g/mol. The van der Waals surface area contributed by atoms with Gasteiger partial charge in [-0.3, -0.25) is 19.8 Å². The Balaban J connectivity index is 1.71. The lowest BCUT2D eigenvalue weighted by Crippen LogP contribution is -2.20. The van der Waals surface area contributed by atoms with Crippen molar-refractivity contribution in [3.63, 3.8) is 0 Å². The van der Waals surface area contributed by atoms with Gasteiger partial charge in [0.2, 0.25) is 11.0 Å². The van der Waals surface area contributed by atoms with Crippen LogP contribution in [0.3, 0.4) is 0 Å². The molecule has 0 saturated heterocycles. The van der Waals surface area contributed by atoms with E-state index in [-0.39, 0.29) is 32.6 Å². The van der Waals surface area contributed by atoms with Crippen LogP contribution < -0.4 is 10.8 Å². The molecule has 0 unspecified atom stereocenters. The number of rotatable bonds is 3. The molecule has 0 radical (unpaired) electrons. The van der Waals surface area contributed by atoms with Gasteiger partial charge in [0, 0.05) is 11.8 Å². The number of carbonyl (C=O) groups is 1.